The zero-order valence-corrected chi connectivity index (χ0v) is 31.5. The fourth-order valence-electron chi connectivity index (χ4n) is 8.82. The summed E-state index contributed by atoms with van der Waals surface area (Å²) in [6.45, 7) is 4.71. The molecular formula is C53H42N2O. The molecule has 0 fully saturated rings. The Morgan fingerprint density at radius 2 is 1.23 bits per heavy atom. The van der Waals surface area contributed by atoms with Crippen molar-refractivity contribution in [1.29, 1.82) is 0 Å². The molecule has 2 atom stereocenters. The van der Waals surface area contributed by atoms with Crippen molar-refractivity contribution in [2.24, 2.45) is 5.73 Å². The van der Waals surface area contributed by atoms with Crippen molar-refractivity contribution in [2.45, 2.75) is 31.5 Å². The van der Waals surface area contributed by atoms with Gasteiger partial charge in [0.05, 0.1) is 12.2 Å². The van der Waals surface area contributed by atoms with E-state index >= 15 is 0 Å². The zero-order valence-electron chi connectivity index (χ0n) is 31.5. The molecule has 0 radical (unpaired) electrons. The van der Waals surface area contributed by atoms with Gasteiger partial charge in [-0.3, -0.25) is 5.32 Å². The van der Waals surface area contributed by atoms with Gasteiger partial charge in [0.15, 0.2) is 0 Å². The van der Waals surface area contributed by atoms with Crippen LogP contribution in [0.25, 0.3) is 72.2 Å². The summed E-state index contributed by atoms with van der Waals surface area (Å²) in [5.41, 5.74) is 22.1. The van der Waals surface area contributed by atoms with E-state index < -0.39 is 0 Å². The van der Waals surface area contributed by atoms with Gasteiger partial charge in [-0.05, 0) is 102 Å². The first-order valence-electron chi connectivity index (χ1n) is 19.5. The largest absolute Gasteiger partial charge is 0.456 e. The maximum atomic E-state index is 6.87. The third-order valence-electron chi connectivity index (χ3n) is 11.8. The molecule has 1 heterocycles. The Morgan fingerprint density at radius 3 is 2.07 bits per heavy atom. The van der Waals surface area contributed by atoms with Crippen LogP contribution in [0.15, 0.2) is 186 Å². The molecule has 3 nitrogen and oxygen atoms in total. The summed E-state index contributed by atoms with van der Waals surface area (Å²) < 4.78 is 6.17. The first-order chi connectivity index (χ1) is 27.4. The van der Waals surface area contributed by atoms with E-state index in [1.54, 1.807) is 0 Å². The molecule has 0 saturated carbocycles. The third-order valence-corrected chi connectivity index (χ3v) is 11.8. The van der Waals surface area contributed by atoms with Gasteiger partial charge < -0.3 is 10.2 Å². The molecule has 0 spiro atoms. The van der Waals surface area contributed by atoms with Gasteiger partial charge in [-0.1, -0.05) is 172 Å². The van der Waals surface area contributed by atoms with E-state index in [0.717, 1.165) is 49.8 Å². The molecule has 1 aromatic heterocycles. The minimum atomic E-state index is -0.369. The standard InChI is InChI=1S/C53H42N2O/c1-53(2)46-21-12-20-41(51(46)45-31-37-15-6-7-16-38(37)33-47(45)53)35-26-23-34(24-27-35)25-29-48(55-52(54)36-13-4-3-5-14-36)42-18-9-8-17-40(42)39-28-30-50-44(32-39)43-19-10-11-22-49(43)56-50/h3-33,48,52,55H,54H2,1-2H3/b29-25+. The van der Waals surface area contributed by atoms with E-state index in [4.69, 9.17) is 10.2 Å². The second-order valence-corrected chi connectivity index (χ2v) is 15.5. The summed E-state index contributed by atoms with van der Waals surface area (Å²) in [5.74, 6) is 0. The Morgan fingerprint density at radius 1 is 0.554 bits per heavy atom. The lowest BCUT2D eigenvalue weighted by Crippen LogP contribution is -2.31. The molecule has 0 amide bonds. The molecule has 0 saturated heterocycles. The maximum absolute atomic E-state index is 6.87. The van der Waals surface area contributed by atoms with E-state index in [1.807, 2.05) is 30.3 Å². The fourth-order valence-corrected chi connectivity index (χ4v) is 8.82. The fraction of sp³-hybridized carbons (Fsp3) is 0.0943. The minimum Gasteiger partial charge on any atom is -0.456 e. The van der Waals surface area contributed by atoms with Gasteiger partial charge in [-0.25, -0.2) is 0 Å². The summed E-state index contributed by atoms with van der Waals surface area (Å²) in [4.78, 5) is 0. The molecule has 270 valence electrons. The van der Waals surface area contributed by atoms with Crippen LogP contribution < -0.4 is 11.1 Å². The highest BCUT2D eigenvalue weighted by molar-refractivity contribution is 6.06. The molecule has 1 aliphatic carbocycles. The van der Waals surface area contributed by atoms with Gasteiger partial charge in [0.25, 0.3) is 0 Å². The number of nitrogens with one attached hydrogen (secondary N) is 1. The van der Waals surface area contributed by atoms with E-state index in [1.165, 1.54) is 44.2 Å². The molecular weight excluding hydrogens is 681 g/mol. The highest BCUT2D eigenvalue weighted by Crippen LogP contribution is 2.53. The van der Waals surface area contributed by atoms with Gasteiger partial charge in [0, 0.05) is 16.2 Å². The highest BCUT2D eigenvalue weighted by Gasteiger charge is 2.37. The second-order valence-electron chi connectivity index (χ2n) is 15.5. The molecule has 2 unspecified atom stereocenters. The Labute approximate surface area is 327 Å². The third kappa shape index (κ3) is 5.84. The van der Waals surface area contributed by atoms with Crippen LogP contribution in [0.5, 0.6) is 0 Å². The van der Waals surface area contributed by atoms with Crippen LogP contribution in [0.2, 0.25) is 0 Å². The number of furan rings is 1. The average molecular weight is 723 g/mol. The lowest BCUT2D eigenvalue weighted by atomic mass is 9.81. The van der Waals surface area contributed by atoms with Crippen LogP contribution in [0.4, 0.5) is 0 Å². The van der Waals surface area contributed by atoms with Crippen molar-refractivity contribution in [3.63, 3.8) is 0 Å². The number of fused-ring (bicyclic) bond motifs is 7. The molecule has 3 N–H and O–H groups in total. The summed E-state index contributed by atoms with van der Waals surface area (Å²) in [6.07, 6.45) is 4.08. The summed E-state index contributed by atoms with van der Waals surface area (Å²) in [5, 5.41) is 8.55. The number of rotatable bonds is 8. The molecule has 1 aliphatic rings. The molecule has 3 heteroatoms. The number of hydrogen-bond donors (Lipinski definition) is 2. The van der Waals surface area contributed by atoms with Crippen molar-refractivity contribution in [2.75, 3.05) is 0 Å². The topological polar surface area (TPSA) is 51.2 Å². The first-order valence-corrected chi connectivity index (χ1v) is 19.5. The molecule has 10 rings (SSSR count). The summed E-state index contributed by atoms with van der Waals surface area (Å²) >= 11 is 0. The van der Waals surface area contributed by atoms with E-state index in [-0.39, 0.29) is 17.6 Å². The van der Waals surface area contributed by atoms with Crippen molar-refractivity contribution in [1.82, 2.24) is 5.32 Å². The van der Waals surface area contributed by atoms with Gasteiger partial charge in [0.2, 0.25) is 0 Å². The average Bonchev–Trinajstić information content (AvgIpc) is 3.73. The van der Waals surface area contributed by atoms with Crippen molar-refractivity contribution in [3.05, 3.63) is 210 Å². The number of hydrogen-bond acceptors (Lipinski definition) is 3. The van der Waals surface area contributed by atoms with Gasteiger partial charge in [0.1, 0.15) is 11.2 Å². The van der Waals surface area contributed by atoms with Crippen LogP contribution in [-0.4, -0.2) is 0 Å². The molecule has 56 heavy (non-hydrogen) atoms. The van der Waals surface area contributed by atoms with E-state index in [2.05, 4.69) is 177 Å². The monoisotopic (exact) mass is 722 g/mol. The van der Waals surface area contributed by atoms with Gasteiger partial charge in [-0.2, -0.15) is 0 Å². The maximum Gasteiger partial charge on any atom is 0.135 e. The SMILES string of the molecule is CC1(C)c2cc3ccccc3cc2-c2c(-c3ccc(/C=C/C(NC(N)c4ccccc4)c4ccccc4-c4ccc5oc6ccccc6c5c4)cc3)cccc21. The van der Waals surface area contributed by atoms with Crippen molar-refractivity contribution in [3.8, 4) is 33.4 Å². The van der Waals surface area contributed by atoms with E-state index in [9.17, 15) is 0 Å². The minimum absolute atomic E-state index is 0.0790. The molecule has 0 bridgehead atoms. The van der Waals surface area contributed by atoms with Crippen LogP contribution >= 0.6 is 0 Å². The number of nitrogens with two attached hydrogens (primary N) is 1. The molecule has 0 aliphatic heterocycles. The smallest absolute Gasteiger partial charge is 0.135 e. The predicted molar refractivity (Wildman–Crippen MR) is 234 cm³/mol. The Bertz CT molecular complexity index is 2940. The molecule has 8 aromatic carbocycles. The zero-order chi connectivity index (χ0) is 37.8. The van der Waals surface area contributed by atoms with Crippen molar-refractivity contribution >= 4 is 38.8 Å². The normalized spacial score (nSPS) is 14.3. The quantitative estimate of drug-likeness (QED) is 0.154. The lowest BCUT2D eigenvalue weighted by molar-refractivity contribution is 0.510. The predicted octanol–water partition coefficient (Wildman–Crippen LogP) is 13.4. The first kappa shape index (κ1) is 34.0. The van der Waals surface area contributed by atoms with Crippen molar-refractivity contribution < 1.29 is 4.42 Å². The van der Waals surface area contributed by atoms with Gasteiger partial charge in [-0.15, -0.1) is 0 Å². The summed E-state index contributed by atoms with van der Waals surface area (Å²) in [7, 11) is 0. The summed E-state index contributed by atoms with van der Waals surface area (Å²) in [6, 6.07) is 62.6. The van der Waals surface area contributed by atoms with Crippen LogP contribution in [0.1, 0.15) is 53.9 Å². The highest BCUT2D eigenvalue weighted by atomic mass is 16.3. The lowest BCUT2D eigenvalue weighted by Gasteiger charge is -2.24. The Hall–Kier alpha value is -6.52. The second kappa shape index (κ2) is 13.6. The van der Waals surface area contributed by atoms with Gasteiger partial charge >= 0.3 is 0 Å². The van der Waals surface area contributed by atoms with Crippen LogP contribution in [0, 0.1) is 0 Å². The van der Waals surface area contributed by atoms with Crippen LogP contribution in [0.3, 0.4) is 0 Å². The Kier molecular flexibility index (Phi) is 8.29. The van der Waals surface area contributed by atoms with Crippen LogP contribution in [-0.2, 0) is 5.41 Å². The Balaban J connectivity index is 1.01. The molecule has 9 aromatic rings. The number of benzene rings is 8. The van der Waals surface area contributed by atoms with E-state index in [0.29, 0.717) is 0 Å². The number of para-hydroxylation sites is 1.